The van der Waals surface area contributed by atoms with Crippen LogP contribution in [0, 0.1) is 5.21 Å². The molecule has 1 aromatic heterocycles. The van der Waals surface area contributed by atoms with E-state index in [0.29, 0.717) is 17.6 Å². The van der Waals surface area contributed by atoms with Crippen LogP contribution in [0.4, 0.5) is 5.13 Å². The summed E-state index contributed by atoms with van der Waals surface area (Å²) in [6, 6.07) is 0. The van der Waals surface area contributed by atoms with Crippen LogP contribution >= 0.6 is 22.9 Å². The zero-order chi connectivity index (χ0) is 17.1. The minimum absolute atomic E-state index is 0.146. The van der Waals surface area contributed by atoms with Gasteiger partial charge in [-0.15, -0.1) is 16.7 Å². The zero-order valence-electron chi connectivity index (χ0n) is 13.9. The predicted molar refractivity (Wildman–Crippen MR) is 95.3 cm³/mol. The number of hydrogen-bond donors (Lipinski definition) is 1. The molecule has 2 heterocycles. The average molecular weight is 361 g/mol. The van der Waals surface area contributed by atoms with E-state index in [9.17, 15) is 10.3 Å². The van der Waals surface area contributed by atoms with Crippen LogP contribution in [-0.2, 0) is 5.41 Å². The van der Waals surface area contributed by atoms with Gasteiger partial charge in [0.25, 0.3) is 0 Å². The van der Waals surface area contributed by atoms with Crippen LogP contribution in [0.5, 0.6) is 0 Å². The summed E-state index contributed by atoms with van der Waals surface area (Å²) in [5.41, 5.74) is -0.146. The van der Waals surface area contributed by atoms with Crippen molar-refractivity contribution in [3.05, 3.63) is 22.4 Å². The lowest BCUT2D eigenvalue weighted by molar-refractivity contribution is 0.0843. The van der Waals surface area contributed by atoms with E-state index in [0.717, 1.165) is 24.4 Å². The highest BCUT2D eigenvalue weighted by atomic mass is 35.5. The molecule has 1 aliphatic heterocycles. The van der Waals surface area contributed by atoms with Crippen LogP contribution in [-0.4, -0.2) is 52.1 Å². The Labute approximate surface area is 146 Å². The second kappa shape index (κ2) is 7.55. The maximum absolute atomic E-state index is 13.0. The summed E-state index contributed by atoms with van der Waals surface area (Å²) in [4.78, 5) is 1.97. The van der Waals surface area contributed by atoms with Gasteiger partial charge in [-0.1, -0.05) is 38.0 Å². The first-order chi connectivity index (χ1) is 10.8. The van der Waals surface area contributed by atoms with Gasteiger partial charge in [0.05, 0.1) is 6.54 Å². The smallest absolute Gasteiger partial charge is 0.309 e. The highest BCUT2D eigenvalue weighted by Crippen LogP contribution is 2.36. The van der Waals surface area contributed by atoms with Gasteiger partial charge in [0.15, 0.2) is 0 Å². The summed E-state index contributed by atoms with van der Waals surface area (Å²) in [5, 5.41) is 32.6. The van der Waals surface area contributed by atoms with Crippen molar-refractivity contribution in [3.63, 3.8) is 0 Å². The maximum atomic E-state index is 13.0. The van der Waals surface area contributed by atoms with E-state index in [-0.39, 0.29) is 12.1 Å². The molecule has 0 aliphatic carbocycles. The monoisotopic (exact) mass is 360 g/mol. The Kier molecular flexibility index (Phi) is 6.16. The molecular weight excluding hydrogens is 336 g/mol. The first kappa shape index (κ1) is 18.8. The SMILES string of the molecule is CC(C)(C)c1nnc([N+]2([O-])CN(CCC=CCCCl)CC2O)s1. The highest BCUT2D eigenvalue weighted by molar-refractivity contribution is 7.15. The molecule has 1 saturated heterocycles. The van der Waals surface area contributed by atoms with Gasteiger partial charge in [-0.2, -0.15) is 0 Å². The lowest BCUT2D eigenvalue weighted by Gasteiger charge is -2.36. The van der Waals surface area contributed by atoms with Gasteiger partial charge in [-0.25, -0.2) is 4.90 Å². The van der Waals surface area contributed by atoms with Crippen molar-refractivity contribution in [2.24, 2.45) is 0 Å². The molecule has 0 amide bonds. The number of β-amino-alcohol motifs (C(OH)–C–C–N with tert-alkyl or cyclic N) is 1. The fourth-order valence-corrected chi connectivity index (χ4v) is 3.49. The number of hydroxylamine groups is 2. The third-order valence-corrected chi connectivity index (χ3v) is 5.43. The van der Waals surface area contributed by atoms with Gasteiger partial charge in [0.1, 0.15) is 11.7 Å². The minimum Gasteiger partial charge on any atom is -0.623 e. The standard InChI is InChI=1S/C15H25ClN4O2S/c1-15(2,3)13-17-18-14(23-13)20(22)11-19(10-12(20)21)9-7-5-4-6-8-16/h4-5,12,21H,6-11H2,1-3H3. The second-order valence-corrected chi connectivity index (χ2v) is 8.21. The number of aromatic nitrogens is 2. The zero-order valence-corrected chi connectivity index (χ0v) is 15.5. The predicted octanol–water partition coefficient (Wildman–Crippen LogP) is 2.81. The largest absolute Gasteiger partial charge is 0.623 e. The van der Waals surface area contributed by atoms with Crippen molar-refractivity contribution >= 4 is 28.1 Å². The third-order valence-electron chi connectivity index (χ3n) is 3.75. The second-order valence-electron chi connectivity index (χ2n) is 6.87. The van der Waals surface area contributed by atoms with Crippen LogP contribution in [0.3, 0.4) is 0 Å². The van der Waals surface area contributed by atoms with E-state index in [4.69, 9.17) is 11.6 Å². The Morgan fingerprint density at radius 2 is 2.09 bits per heavy atom. The summed E-state index contributed by atoms with van der Waals surface area (Å²) < 4.78 is -0.820. The number of nitrogens with zero attached hydrogens (tertiary/aromatic N) is 4. The summed E-state index contributed by atoms with van der Waals surface area (Å²) in [6.45, 7) is 7.41. The van der Waals surface area contributed by atoms with Crippen LogP contribution in [0.2, 0.25) is 0 Å². The van der Waals surface area contributed by atoms with Crippen LogP contribution in [0.15, 0.2) is 12.2 Å². The van der Waals surface area contributed by atoms with Gasteiger partial charge >= 0.3 is 5.13 Å². The molecule has 0 radical (unpaired) electrons. The number of aliphatic hydroxyl groups is 1. The number of aliphatic hydroxyl groups excluding tert-OH is 1. The minimum atomic E-state index is -1.01. The molecule has 2 atom stereocenters. The third kappa shape index (κ3) is 4.49. The Hall–Kier alpha value is -0.570. The first-order valence-corrected chi connectivity index (χ1v) is 9.17. The van der Waals surface area contributed by atoms with Crippen molar-refractivity contribution < 1.29 is 5.11 Å². The number of alkyl halides is 1. The number of quaternary nitrogens is 1. The Balaban J connectivity index is 2.00. The number of halogens is 1. The molecule has 1 fully saturated rings. The van der Waals surface area contributed by atoms with Gasteiger partial charge < -0.3 is 10.3 Å². The average Bonchev–Trinajstić information content (AvgIpc) is 3.05. The fourth-order valence-electron chi connectivity index (χ4n) is 2.39. The molecule has 0 saturated carbocycles. The van der Waals surface area contributed by atoms with Crippen molar-refractivity contribution in [2.75, 3.05) is 25.6 Å². The van der Waals surface area contributed by atoms with Crippen molar-refractivity contribution in [3.8, 4) is 0 Å². The lowest BCUT2D eigenvalue weighted by Crippen LogP contribution is -2.48. The Morgan fingerprint density at radius 1 is 1.39 bits per heavy atom. The summed E-state index contributed by atoms with van der Waals surface area (Å²) >= 11 is 6.91. The van der Waals surface area contributed by atoms with E-state index in [2.05, 4.69) is 16.3 Å². The van der Waals surface area contributed by atoms with E-state index < -0.39 is 10.9 Å². The number of allylic oxidation sites excluding steroid dienone is 1. The quantitative estimate of drug-likeness (QED) is 0.365. The molecule has 6 nitrogen and oxygen atoms in total. The topological polar surface area (TPSA) is 72.3 Å². The summed E-state index contributed by atoms with van der Waals surface area (Å²) in [5.74, 6) is 0.618. The van der Waals surface area contributed by atoms with Gasteiger partial charge in [0, 0.05) is 17.8 Å². The molecule has 2 unspecified atom stereocenters. The molecule has 0 spiro atoms. The van der Waals surface area contributed by atoms with E-state index >= 15 is 0 Å². The molecule has 1 aliphatic rings. The fraction of sp³-hybridized carbons (Fsp3) is 0.733. The molecule has 2 rings (SSSR count). The van der Waals surface area contributed by atoms with Gasteiger partial charge in [-0.3, -0.25) is 4.65 Å². The summed E-state index contributed by atoms with van der Waals surface area (Å²) in [7, 11) is 0. The van der Waals surface area contributed by atoms with Crippen LogP contribution < -0.4 is 4.65 Å². The van der Waals surface area contributed by atoms with Gasteiger partial charge in [-0.05, 0) is 24.2 Å². The molecule has 8 heteroatoms. The molecule has 0 aromatic carbocycles. The maximum Gasteiger partial charge on any atom is 0.309 e. The Bertz CT molecular complexity index is 546. The highest BCUT2D eigenvalue weighted by Gasteiger charge is 2.43. The lowest BCUT2D eigenvalue weighted by atomic mass is 9.98. The van der Waals surface area contributed by atoms with Crippen molar-refractivity contribution in [1.29, 1.82) is 0 Å². The van der Waals surface area contributed by atoms with E-state index in [1.54, 1.807) is 0 Å². The molecule has 1 N–H and O–H groups in total. The van der Waals surface area contributed by atoms with Crippen molar-refractivity contribution in [2.45, 2.75) is 45.3 Å². The molecule has 130 valence electrons. The molecule has 0 bridgehead atoms. The van der Waals surface area contributed by atoms with Crippen LogP contribution in [0.1, 0.15) is 38.6 Å². The van der Waals surface area contributed by atoms with E-state index in [1.165, 1.54) is 11.3 Å². The Morgan fingerprint density at radius 3 is 2.70 bits per heavy atom. The normalized spacial score (nSPS) is 26.4. The number of hydrogen-bond acceptors (Lipinski definition) is 6. The number of rotatable bonds is 6. The molecule has 23 heavy (non-hydrogen) atoms. The van der Waals surface area contributed by atoms with E-state index in [1.807, 2.05) is 31.7 Å². The molecule has 1 aromatic rings. The summed E-state index contributed by atoms with van der Waals surface area (Å²) in [6.07, 6.45) is 4.79. The van der Waals surface area contributed by atoms with Crippen LogP contribution in [0.25, 0.3) is 0 Å². The van der Waals surface area contributed by atoms with Gasteiger partial charge in [0.2, 0.25) is 6.23 Å². The molecular formula is C15H25ClN4O2S. The van der Waals surface area contributed by atoms with Crippen molar-refractivity contribution in [1.82, 2.24) is 19.7 Å². The first-order valence-electron chi connectivity index (χ1n) is 7.82.